The smallest absolute Gasteiger partial charge is 0.191 e. The summed E-state index contributed by atoms with van der Waals surface area (Å²) in [4.78, 5) is 4.19. The lowest BCUT2D eigenvalue weighted by Gasteiger charge is -2.13. The van der Waals surface area contributed by atoms with Crippen molar-refractivity contribution in [2.75, 3.05) is 7.05 Å². The van der Waals surface area contributed by atoms with Crippen molar-refractivity contribution >= 4 is 5.96 Å². The Morgan fingerprint density at radius 2 is 2.00 bits per heavy atom. The number of rotatable bonds is 7. The van der Waals surface area contributed by atoms with Gasteiger partial charge in [-0.3, -0.25) is 4.99 Å². The summed E-state index contributed by atoms with van der Waals surface area (Å²) in [6, 6.07) is 4.68. The summed E-state index contributed by atoms with van der Waals surface area (Å²) < 4.78 is 18.8. The average Bonchev–Trinajstić information content (AvgIpc) is 3.05. The topological polar surface area (TPSA) is 82.7 Å². The Balaban J connectivity index is 1.96. The normalized spacial score (nSPS) is 11.6. The van der Waals surface area contributed by atoms with Gasteiger partial charge in [0.2, 0.25) is 0 Å². The van der Waals surface area contributed by atoms with E-state index in [4.69, 9.17) is 9.63 Å². The molecule has 1 aromatic carbocycles. The molecule has 2 aromatic rings. The monoisotopic (exact) mass is 348 g/mol. The third-order valence-electron chi connectivity index (χ3n) is 4.00. The standard InChI is InChI=1S/C18H25FN4O2/c1-4-16-14(17(5-2)25-23-16)10-22-18(20-3)21-9-12-6-7-15(19)13(8-12)11-24/h6-8,24H,4-5,9-11H2,1-3H3,(H2,20,21,22). The molecule has 0 bridgehead atoms. The van der Waals surface area contributed by atoms with E-state index < -0.39 is 5.82 Å². The van der Waals surface area contributed by atoms with Crippen LogP contribution in [0, 0.1) is 5.82 Å². The zero-order valence-corrected chi connectivity index (χ0v) is 14.9. The predicted molar refractivity (Wildman–Crippen MR) is 94.6 cm³/mol. The van der Waals surface area contributed by atoms with Gasteiger partial charge >= 0.3 is 0 Å². The number of guanidine groups is 1. The van der Waals surface area contributed by atoms with Gasteiger partial charge < -0.3 is 20.3 Å². The van der Waals surface area contributed by atoms with Gasteiger partial charge in [-0.1, -0.05) is 25.1 Å². The first kappa shape index (κ1) is 18.9. The summed E-state index contributed by atoms with van der Waals surface area (Å²) >= 11 is 0. The lowest BCUT2D eigenvalue weighted by Crippen LogP contribution is -2.36. The van der Waals surface area contributed by atoms with Crippen LogP contribution in [0.25, 0.3) is 0 Å². The van der Waals surface area contributed by atoms with Crippen molar-refractivity contribution in [3.8, 4) is 0 Å². The summed E-state index contributed by atoms with van der Waals surface area (Å²) in [6.45, 7) is 4.79. The van der Waals surface area contributed by atoms with Gasteiger partial charge in [-0.25, -0.2) is 4.39 Å². The van der Waals surface area contributed by atoms with Gasteiger partial charge in [0.1, 0.15) is 11.6 Å². The van der Waals surface area contributed by atoms with E-state index >= 15 is 0 Å². The predicted octanol–water partition coefficient (Wildman–Crippen LogP) is 2.30. The first-order valence-electron chi connectivity index (χ1n) is 8.41. The molecule has 0 aliphatic heterocycles. The molecule has 1 aromatic heterocycles. The van der Waals surface area contributed by atoms with Gasteiger partial charge in [0.25, 0.3) is 0 Å². The highest BCUT2D eigenvalue weighted by atomic mass is 19.1. The van der Waals surface area contributed by atoms with Crippen LogP contribution in [0.3, 0.4) is 0 Å². The number of aryl methyl sites for hydroxylation is 2. The number of halogens is 1. The summed E-state index contributed by atoms with van der Waals surface area (Å²) in [7, 11) is 1.69. The van der Waals surface area contributed by atoms with Crippen LogP contribution < -0.4 is 10.6 Å². The molecule has 0 fully saturated rings. The molecule has 1 heterocycles. The number of nitrogens with zero attached hydrogens (tertiary/aromatic N) is 2. The highest BCUT2D eigenvalue weighted by molar-refractivity contribution is 5.79. The highest BCUT2D eigenvalue weighted by Crippen LogP contribution is 2.15. The molecule has 0 atom stereocenters. The SMILES string of the molecule is CCc1noc(CC)c1CNC(=NC)NCc1ccc(F)c(CO)c1. The van der Waals surface area contributed by atoms with Crippen LogP contribution >= 0.6 is 0 Å². The molecule has 0 aliphatic rings. The molecule has 2 rings (SSSR count). The second-order valence-electron chi connectivity index (χ2n) is 5.60. The maximum Gasteiger partial charge on any atom is 0.191 e. The van der Waals surface area contributed by atoms with E-state index in [1.807, 2.05) is 13.8 Å². The number of benzene rings is 1. The molecule has 7 heteroatoms. The summed E-state index contributed by atoms with van der Waals surface area (Å²) in [6.07, 6.45) is 1.60. The Bertz CT molecular complexity index is 706. The van der Waals surface area contributed by atoms with Crippen LogP contribution in [0.15, 0.2) is 27.7 Å². The Morgan fingerprint density at radius 3 is 2.64 bits per heavy atom. The third-order valence-corrected chi connectivity index (χ3v) is 4.00. The molecule has 25 heavy (non-hydrogen) atoms. The Kier molecular flexibility index (Phi) is 6.94. The van der Waals surface area contributed by atoms with Crippen LogP contribution in [-0.4, -0.2) is 23.3 Å². The molecule has 6 nitrogen and oxygen atoms in total. The van der Waals surface area contributed by atoms with Crippen LogP contribution in [0.2, 0.25) is 0 Å². The van der Waals surface area contributed by atoms with E-state index in [-0.39, 0.29) is 12.2 Å². The van der Waals surface area contributed by atoms with Gasteiger partial charge in [-0.15, -0.1) is 0 Å². The Hall–Kier alpha value is -2.41. The van der Waals surface area contributed by atoms with Crippen molar-refractivity contribution in [2.45, 2.75) is 46.4 Å². The van der Waals surface area contributed by atoms with Crippen molar-refractivity contribution in [2.24, 2.45) is 4.99 Å². The quantitative estimate of drug-likeness (QED) is 0.528. The maximum absolute atomic E-state index is 13.4. The van der Waals surface area contributed by atoms with Crippen LogP contribution in [0.1, 0.15) is 42.0 Å². The van der Waals surface area contributed by atoms with Crippen molar-refractivity contribution in [3.63, 3.8) is 0 Å². The van der Waals surface area contributed by atoms with Gasteiger partial charge in [-0.05, 0) is 24.1 Å². The van der Waals surface area contributed by atoms with Gasteiger partial charge in [-0.2, -0.15) is 0 Å². The minimum Gasteiger partial charge on any atom is -0.392 e. The molecule has 0 aliphatic carbocycles. The molecule has 0 spiro atoms. The molecule has 0 unspecified atom stereocenters. The zero-order valence-electron chi connectivity index (χ0n) is 14.9. The molecular formula is C18H25FN4O2. The van der Waals surface area contributed by atoms with E-state index in [2.05, 4.69) is 20.8 Å². The molecule has 136 valence electrons. The maximum atomic E-state index is 13.4. The molecule has 3 N–H and O–H groups in total. The first-order chi connectivity index (χ1) is 12.1. The Morgan fingerprint density at radius 1 is 1.24 bits per heavy atom. The van der Waals surface area contributed by atoms with E-state index in [9.17, 15) is 4.39 Å². The fourth-order valence-electron chi connectivity index (χ4n) is 2.58. The molecular weight excluding hydrogens is 323 g/mol. The molecule has 0 saturated carbocycles. The Labute approximate surface area is 147 Å². The fraction of sp³-hybridized carbons (Fsp3) is 0.444. The van der Waals surface area contributed by atoms with Crippen molar-refractivity contribution in [1.29, 1.82) is 0 Å². The van der Waals surface area contributed by atoms with Gasteiger partial charge in [0.15, 0.2) is 5.96 Å². The lowest BCUT2D eigenvalue weighted by molar-refractivity contribution is 0.275. The number of aromatic nitrogens is 1. The summed E-state index contributed by atoms with van der Waals surface area (Å²) in [5, 5.41) is 19.7. The number of aliphatic hydroxyl groups is 1. The lowest BCUT2D eigenvalue weighted by atomic mass is 10.1. The number of hydrogen-bond acceptors (Lipinski definition) is 4. The van der Waals surface area contributed by atoms with Crippen LogP contribution in [0.4, 0.5) is 4.39 Å². The van der Waals surface area contributed by atoms with E-state index in [0.29, 0.717) is 19.0 Å². The van der Waals surface area contributed by atoms with E-state index in [1.54, 1.807) is 19.2 Å². The van der Waals surface area contributed by atoms with E-state index in [0.717, 1.165) is 35.4 Å². The largest absolute Gasteiger partial charge is 0.392 e. The third kappa shape index (κ3) is 4.79. The summed E-state index contributed by atoms with van der Waals surface area (Å²) in [5.74, 6) is 1.10. The van der Waals surface area contributed by atoms with Crippen molar-refractivity contribution in [1.82, 2.24) is 15.8 Å². The highest BCUT2D eigenvalue weighted by Gasteiger charge is 2.13. The number of aliphatic hydroxyl groups excluding tert-OH is 1. The average molecular weight is 348 g/mol. The number of aliphatic imine (C=N–C) groups is 1. The minimum absolute atomic E-state index is 0.284. The number of nitrogens with one attached hydrogen (secondary N) is 2. The summed E-state index contributed by atoms with van der Waals surface area (Å²) in [5.41, 5.74) is 3.16. The van der Waals surface area contributed by atoms with Gasteiger partial charge in [0, 0.05) is 37.7 Å². The van der Waals surface area contributed by atoms with Crippen molar-refractivity contribution < 1.29 is 14.0 Å². The second-order valence-corrected chi connectivity index (χ2v) is 5.60. The zero-order chi connectivity index (χ0) is 18.2. The second kappa shape index (κ2) is 9.17. The first-order valence-corrected chi connectivity index (χ1v) is 8.41. The number of hydrogen-bond donors (Lipinski definition) is 3. The minimum atomic E-state index is -0.402. The van der Waals surface area contributed by atoms with Crippen molar-refractivity contribution in [3.05, 3.63) is 52.2 Å². The molecule has 0 saturated heterocycles. The molecule has 0 amide bonds. The molecule has 0 radical (unpaired) electrons. The fourth-order valence-corrected chi connectivity index (χ4v) is 2.58. The van der Waals surface area contributed by atoms with Crippen LogP contribution in [-0.2, 0) is 32.5 Å². The van der Waals surface area contributed by atoms with Crippen LogP contribution in [0.5, 0.6) is 0 Å². The van der Waals surface area contributed by atoms with E-state index in [1.165, 1.54) is 6.07 Å². The van der Waals surface area contributed by atoms with Gasteiger partial charge in [0.05, 0.1) is 12.3 Å².